The van der Waals surface area contributed by atoms with Crippen LogP contribution in [0.1, 0.15) is 29.0 Å². The standard InChI is InChI=1S/C24H21N3O3/c25-16-18-11-13-21(14-12-18)30-17-24(29)27-26-23(28)15-22(19-7-3-1-4-8-19)20-9-5-2-6-10-20/h1-14,22H,15,17H2,(H,26,28)(H,27,29). The van der Waals surface area contributed by atoms with Crippen LogP contribution in [0.2, 0.25) is 0 Å². The molecule has 0 spiro atoms. The molecule has 3 aromatic carbocycles. The molecule has 6 heteroatoms. The van der Waals surface area contributed by atoms with Crippen LogP contribution in [0.15, 0.2) is 84.9 Å². The maximum absolute atomic E-state index is 12.5. The van der Waals surface area contributed by atoms with Crippen molar-refractivity contribution in [2.24, 2.45) is 0 Å². The fourth-order valence-corrected chi connectivity index (χ4v) is 2.99. The lowest BCUT2D eigenvalue weighted by Gasteiger charge is -2.18. The summed E-state index contributed by atoms with van der Waals surface area (Å²) >= 11 is 0. The Morgan fingerprint density at radius 2 is 1.33 bits per heavy atom. The minimum atomic E-state index is -0.483. The van der Waals surface area contributed by atoms with Crippen LogP contribution in [0.25, 0.3) is 0 Å². The number of carbonyl (C=O) groups is 2. The summed E-state index contributed by atoms with van der Waals surface area (Å²) in [6.07, 6.45) is 0.185. The molecule has 2 N–H and O–H groups in total. The van der Waals surface area contributed by atoms with E-state index in [-0.39, 0.29) is 24.9 Å². The number of hydrazine groups is 1. The predicted octanol–water partition coefficient (Wildman–Crippen LogP) is 3.31. The molecule has 2 amide bonds. The van der Waals surface area contributed by atoms with Gasteiger partial charge in [0.2, 0.25) is 5.91 Å². The van der Waals surface area contributed by atoms with Gasteiger partial charge in [-0.05, 0) is 35.4 Å². The maximum atomic E-state index is 12.5. The summed E-state index contributed by atoms with van der Waals surface area (Å²) in [5.41, 5.74) is 7.36. The molecule has 0 saturated carbocycles. The van der Waals surface area contributed by atoms with Gasteiger partial charge in [-0.3, -0.25) is 20.4 Å². The van der Waals surface area contributed by atoms with Crippen LogP contribution in [-0.4, -0.2) is 18.4 Å². The molecule has 6 nitrogen and oxygen atoms in total. The number of rotatable bonds is 7. The first-order chi connectivity index (χ1) is 14.7. The minimum Gasteiger partial charge on any atom is -0.484 e. The Labute approximate surface area is 175 Å². The highest BCUT2D eigenvalue weighted by Crippen LogP contribution is 2.27. The highest BCUT2D eigenvalue weighted by Gasteiger charge is 2.18. The summed E-state index contributed by atoms with van der Waals surface area (Å²) in [6.45, 7) is -0.257. The summed E-state index contributed by atoms with van der Waals surface area (Å²) in [5, 5.41) is 8.78. The smallest absolute Gasteiger partial charge is 0.276 e. The van der Waals surface area contributed by atoms with Crippen LogP contribution in [0.4, 0.5) is 0 Å². The van der Waals surface area contributed by atoms with Crippen molar-refractivity contribution in [1.82, 2.24) is 10.9 Å². The van der Waals surface area contributed by atoms with Crippen LogP contribution >= 0.6 is 0 Å². The Morgan fingerprint density at radius 3 is 1.87 bits per heavy atom. The van der Waals surface area contributed by atoms with Gasteiger partial charge in [-0.2, -0.15) is 5.26 Å². The van der Waals surface area contributed by atoms with Crippen molar-refractivity contribution < 1.29 is 14.3 Å². The largest absolute Gasteiger partial charge is 0.484 e. The van der Waals surface area contributed by atoms with E-state index >= 15 is 0 Å². The average Bonchev–Trinajstić information content (AvgIpc) is 2.81. The highest BCUT2D eigenvalue weighted by molar-refractivity contribution is 5.83. The summed E-state index contributed by atoms with van der Waals surface area (Å²) in [5.74, 6) is -0.453. The van der Waals surface area contributed by atoms with Crippen molar-refractivity contribution in [3.8, 4) is 11.8 Å². The number of nitrogens with one attached hydrogen (secondary N) is 2. The number of amides is 2. The van der Waals surface area contributed by atoms with E-state index in [1.54, 1.807) is 24.3 Å². The van der Waals surface area contributed by atoms with Crippen molar-refractivity contribution in [3.05, 3.63) is 102 Å². The first kappa shape index (κ1) is 20.6. The molecule has 0 aliphatic rings. The zero-order valence-electron chi connectivity index (χ0n) is 16.2. The number of hydrogen-bond acceptors (Lipinski definition) is 4. The number of hydrogen-bond donors (Lipinski definition) is 2. The van der Waals surface area contributed by atoms with Gasteiger partial charge in [0.05, 0.1) is 11.6 Å². The third-order valence-electron chi connectivity index (χ3n) is 4.49. The molecule has 0 aliphatic heterocycles. The fraction of sp³-hybridized carbons (Fsp3) is 0.125. The lowest BCUT2D eigenvalue weighted by molar-refractivity contribution is -0.130. The van der Waals surface area contributed by atoms with Gasteiger partial charge in [0.25, 0.3) is 5.91 Å². The normalized spacial score (nSPS) is 10.1. The molecule has 0 aliphatic carbocycles. The number of carbonyl (C=O) groups excluding carboxylic acids is 2. The number of nitrogens with zero attached hydrogens (tertiary/aromatic N) is 1. The van der Waals surface area contributed by atoms with Gasteiger partial charge in [-0.1, -0.05) is 60.7 Å². The van der Waals surface area contributed by atoms with Gasteiger partial charge in [0, 0.05) is 12.3 Å². The summed E-state index contributed by atoms with van der Waals surface area (Å²) < 4.78 is 5.35. The first-order valence-electron chi connectivity index (χ1n) is 9.46. The van der Waals surface area contributed by atoms with Gasteiger partial charge < -0.3 is 4.74 Å². The summed E-state index contributed by atoms with van der Waals surface area (Å²) in [6, 6.07) is 27.9. The molecule has 0 unspecified atom stereocenters. The Balaban J connectivity index is 1.52. The summed E-state index contributed by atoms with van der Waals surface area (Å²) in [4.78, 5) is 24.4. The zero-order valence-corrected chi connectivity index (χ0v) is 16.2. The van der Waals surface area contributed by atoms with Gasteiger partial charge in [-0.15, -0.1) is 0 Å². The van der Waals surface area contributed by atoms with Gasteiger partial charge in [0.15, 0.2) is 6.61 Å². The van der Waals surface area contributed by atoms with E-state index in [0.29, 0.717) is 11.3 Å². The lowest BCUT2D eigenvalue weighted by Crippen LogP contribution is -2.44. The molecule has 0 aromatic heterocycles. The van der Waals surface area contributed by atoms with Crippen LogP contribution < -0.4 is 15.6 Å². The third kappa shape index (κ3) is 5.94. The van der Waals surface area contributed by atoms with Gasteiger partial charge in [-0.25, -0.2) is 0 Å². The number of nitriles is 1. The van der Waals surface area contributed by atoms with E-state index in [2.05, 4.69) is 10.9 Å². The third-order valence-corrected chi connectivity index (χ3v) is 4.49. The first-order valence-corrected chi connectivity index (χ1v) is 9.46. The van der Waals surface area contributed by atoms with E-state index in [0.717, 1.165) is 11.1 Å². The molecule has 0 fully saturated rings. The SMILES string of the molecule is N#Cc1ccc(OCC(=O)NNC(=O)CC(c2ccccc2)c2ccccc2)cc1. The Hall–Kier alpha value is -4.11. The van der Waals surface area contributed by atoms with Crippen molar-refractivity contribution in [2.45, 2.75) is 12.3 Å². The van der Waals surface area contributed by atoms with Gasteiger partial charge in [0.1, 0.15) is 5.75 Å². The molecular formula is C24H21N3O3. The van der Waals surface area contributed by atoms with E-state index < -0.39 is 5.91 Å². The van der Waals surface area contributed by atoms with Crippen LogP contribution in [0, 0.1) is 11.3 Å². The number of ether oxygens (including phenoxy) is 1. The second-order valence-corrected chi connectivity index (χ2v) is 6.60. The minimum absolute atomic E-state index is 0.126. The molecule has 3 rings (SSSR count). The average molecular weight is 399 g/mol. The van der Waals surface area contributed by atoms with Crippen molar-refractivity contribution in [3.63, 3.8) is 0 Å². The lowest BCUT2D eigenvalue weighted by atomic mass is 9.88. The molecule has 3 aromatic rings. The predicted molar refractivity (Wildman–Crippen MR) is 112 cm³/mol. The second kappa shape index (κ2) is 10.4. The molecule has 0 heterocycles. The quantitative estimate of drug-likeness (QED) is 0.597. The van der Waals surface area contributed by atoms with E-state index in [4.69, 9.17) is 10.00 Å². The Bertz CT molecular complexity index is 974. The van der Waals surface area contributed by atoms with Crippen LogP contribution in [-0.2, 0) is 9.59 Å². The zero-order chi connectivity index (χ0) is 21.2. The molecular weight excluding hydrogens is 378 g/mol. The number of benzene rings is 3. The van der Waals surface area contributed by atoms with Gasteiger partial charge >= 0.3 is 0 Å². The van der Waals surface area contributed by atoms with Crippen molar-refractivity contribution >= 4 is 11.8 Å². The molecule has 0 bridgehead atoms. The van der Waals surface area contributed by atoms with Crippen LogP contribution in [0.5, 0.6) is 5.75 Å². The second-order valence-electron chi connectivity index (χ2n) is 6.60. The van der Waals surface area contributed by atoms with E-state index in [1.807, 2.05) is 66.7 Å². The maximum Gasteiger partial charge on any atom is 0.276 e. The topological polar surface area (TPSA) is 91.2 Å². The Morgan fingerprint density at radius 1 is 0.800 bits per heavy atom. The molecule has 0 radical (unpaired) electrons. The monoisotopic (exact) mass is 399 g/mol. The Kier molecular flexibility index (Phi) is 7.17. The summed E-state index contributed by atoms with van der Waals surface area (Å²) in [7, 11) is 0. The van der Waals surface area contributed by atoms with Crippen molar-refractivity contribution in [1.29, 1.82) is 5.26 Å². The molecule has 0 saturated heterocycles. The van der Waals surface area contributed by atoms with E-state index in [1.165, 1.54) is 0 Å². The van der Waals surface area contributed by atoms with E-state index in [9.17, 15) is 9.59 Å². The molecule has 30 heavy (non-hydrogen) atoms. The fourth-order valence-electron chi connectivity index (χ4n) is 2.99. The molecule has 0 atom stereocenters. The van der Waals surface area contributed by atoms with Crippen molar-refractivity contribution in [2.75, 3.05) is 6.61 Å². The van der Waals surface area contributed by atoms with Crippen LogP contribution in [0.3, 0.4) is 0 Å². The highest BCUT2D eigenvalue weighted by atomic mass is 16.5. The molecule has 150 valence electrons.